The maximum Gasteiger partial charge on any atom is 0.254 e. The standard InChI is InChI=1S/C18H26N2O3/c1-2-13-19-17(23)18(11-7-4-8-12-18)20-16(22)15(21)14-9-5-3-6-10-14/h3,5-6,9-10,15,21H,2,4,7-8,11-13H2,1H3,(H,19,23)(H,20,22). The van der Waals surface area contributed by atoms with Gasteiger partial charge in [-0.05, 0) is 24.8 Å². The zero-order valence-corrected chi connectivity index (χ0v) is 13.7. The van der Waals surface area contributed by atoms with E-state index in [2.05, 4.69) is 10.6 Å². The van der Waals surface area contributed by atoms with Crippen LogP contribution in [0, 0.1) is 0 Å². The van der Waals surface area contributed by atoms with E-state index in [1.807, 2.05) is 13.0 Å². The van der Waals surface area contributed by atoms with E-state index in [-0.39, 0.29) is 5.91 Å². The number of nitrogens with one attached hydrogen (secondary N) is 2. The molecule has 126 valence electrons. The summed E-state index contributed by atoms with van der Waals surface area (Å²) in [6.45, 7) is 2.59. The fraction of sp³-hybridized carbons (Fsp3) is 0.556. The van der Waals surface area contributed by atoms with E-state index < -0.39 is 17.6 Å². The van der Waals surface area contributed by atoms with Gasteiger partial charge < -0.3 is 15.7 Å². The lowest BCUT2D eigenvalue weighted by atomic mass is 9.80. The Balaban J connectivity index is 2.10. The Morgan fingerprint density at radius 2 is 1.83 bits per heavy atom. The molecule has 0 bridgehead atoms. The van der Waals surface area contributed by atoms with Crippen molar-refractivity contribution in [1.82, 2.24) is 10.6 Å². The Hall–Kier alpha value is -1.88. The minimum Gasteiger partial charge on any atom is -0.378 e. The molecule has 0 saturated heterocycles. The molecule has 2 rings (SSSR count). The summed E-state index contributed by atoms with van der Waals surface area (Å²) in [5, 5.41) is 16.0. The first kappa shape index (κ1) is 17.5. The van der Waals surface area contributed by atoms with Crippen molar-refractivity contribution in [2.45, 2.75) is 57.1 Å². The van der Waals surface area contributed by atoms with Crippen LogP contribution in [0.15, 0.2) is 30.3 Å². The number of amides is 2. The quantitative estimate of drug-likeness (QED) is 0.751. The number of hydrogen-bond acceptors (Lipinski definition) is 3. The summed E-state index contributed by atoms with van der Waals surface area (Å²) in [5.41, 5.74) is -0.356. The highest BCUT2D eigenvalue weighted by Crippen LogP contribution is 2.29. The molecule has 3 N–H and O–H groups in total. The van der Waals surface area contributed by atoms with Gasteiger partial charge in [0.25, 0.3) is 5.91 Å². The minimum absolute atomic E-state index is 0.132. The lowest BCUT2D eigenvalue weighted by Crippen LogP contribution is -2.60. The molecule has 1 saturated carbocycles. The third kappa shape index (κ3) is 4.32. The third-order valence-corrected chi connectivity index (χ3v) is 4.40. The summed E-state index contributed by atoms with van der Waals surface area (Å²) < 4.78 is 0. The molecule has 23 heavy (non-hydrogen) atoms. The van der Waals surface area contributed by atoms with Crippen LogP contribution in [-0.4, -0.2) is 29.0 Å². The lowest BCUT2D eigenvalue weighted by molar-refractivity contribution is -0.139. The maximum atomic E-state index is 12.6. The maximum absolute atomic E-state index is 12.6. The van der Waals surface area contributed by atoms with E-state index in [4.69, 9.17) is 0 Å². The zero-order valence-electron chi connectivity index (χ0n) is 13.7. The molecule has 1 aliphatic carbocycles. The highest BCUT2D eigenvalue weighted by atomic mass is 16.3. The third-order valence-electron chi connectivity index (χ3n) is 4.40. The van der Waals surface area contributed by atoms with E-state index in [1.165, 1.54) is 0 Å². The minimum atomic E-state index is -1.26. The molecule has 2 amide bonds. The van der Waals surface area contributed by atoms with Crippen LogP contribution in [0.2, 0.25) is 0 Å². The number of carbonyl (C=O) groups is 2. The van der Waals surface area contributed by atoms with Crippen molar-refractivity contribution in [3.8, 4) is 0 Å². The molecule has 1 atom stereocenters. The van der Waals surface area contributed by atoms with Crippen molar-refractivity contribution in [3.05, 3.63) is 35.9 Å². The molecule has 0 aromatic heterocycles. The number of rotatable bonds is 6. The second-order valence-electron chi connectivity index (χ2n) is 6.20. The molecular formula is C18H26N2O3. The highest BCUT2D eigenvalue weighted by molar-refractivity contribution is 5.93. The summed E-state index contributed by atoms with van der Waals surface area (Å²) in [6, 6.07) is 8.78. The van der Waals surface area contributed by atoms with Gasteiger partial charge >= 0.3 is 0 Å². The van der Waals surface area contributed by atoms with Gasteiger partial charge in [-0.25, -0.2) is 0 Å². The smallest absolute Gasteiger partial charge is 0.254 e. The Morgan fingerprint density at radius 3 is 2.43 bits per heavy atom. The van der Waals surface area contributed by atoms with Crippen LogP contribution in [0.25, 0.3) is 0 Å². The molecule has 5 heteroatoms. The first-order chi connectivity index (χ1) is 11.1. The summed E-state index contributed by atoms with van der Waals surface area (Å²) in [7, 11) is 0. The van der Waals surface area contributed by atoms with Gasteiger partial charge in [0.15, 0.2) is 6.10 Å². The molecule has 1 aliphatic rings. The van der Waals surface area contributed by atoms with Gasteiger partial charge in [-0.3, -0.25) is 9.59 Å². The predicted molar refractivity (Wildman–Crippen MR) is 88.7 cm³/mol. The van der Waals surface area contributed by atoms with E-state index in [0.717, 1.165) is 25.7 Å². The lowest BCUT2D eigenvalue weighted by Gasteiger charge is -2.37. The molecule has 1 aromatic carbocycles. The van der Waals surface area contributed by atoms with Crippen LogP contribution in [0.1, 0.15) is 57.1 Å². The summed E-state index contributed by atoms with van der Waals surface area (Å²) in [6.07, 6.45) is 3.71. The van der Waals surface area contributed by atoms with Gasteiger partial charge in [0.2, 0.25) is 5.91 Å². The van der Waals surface area contributed by atoms with Gasteiger partial charge in [0.05, 0.1) is 0 Å². The van der Waals surface area contributed by atoms with Crippen LogP contribution in [0.5, 0.6) is 0 Å². The number of aliphatic hydroxyl groups excluding tert-OH is 1. The zero-order chi connectivity index (χ0) is 16.7. The van der Waals surface area contributed by atoms with Gasteiger partial charge in [-0.2, -0.15) is 0 Å². The Labute approximate surface area is 137 Å². The van der Waals surface area contributed by atoms with Gasteiger partial charge in [0, 0.05) is 6.54 Å². The molecular weight excluding hydrogens is 292 g/mol. The number of benzene rings is 1. The molecule has 1 aromatic rings. The van der Waals surface area contributed by atoms with E-state index in [1.54, 1.807) is 24.3 Å². The van der Waals surface area contributed by atoms with Crippen LogP contribution >= 0.6 is 0 Å². The summed E-state index contributed by atoms with van der Waals surface area (Å²) in [4.78, 5) is 25.0. The summed E-state index contributed by atoms with van der Waals surface area (Å²) >= 11 is 0. The molecule has 0 heterocycles. The van der Waals surface area contributed by atoms with Crippen LogP contribution in [0.3, 0.4) is 0 Å². The highest BCUT2D eigenvalue weighted by Gasteiger charge is 2.41. The molecule has 5 nitrogen and oxygen atoms in total. The summed E-state index contributed by atoms with van der Waals surface area (Å²) in [5.74, 6) is -0.641. The normalized spacial score (nSPS) is 18.0. The van der Waals surface area contributed by atoms with Crippen LogP contribution in [0.4, 0.5) is 0 Å². The average molecular weight is 318 g/mol. The van der Waals surface area contributed by atoms with Crippen molar-refractivity contribution in [3.63, 3.8) is 0 Å². The van der Waals surface area contributed by atoms with Crippen molar-refractivity contribution in [2.75, 3.05) is 6.54 Å². The Bertz CT molecular complexity index is 524. The van der Waals surface area contributed by atoms with Crippen LogP contribution < -0.4 is 10.6 Å². The molecule has 0 spiro atoms. The second-order valence-corrected chi connectivity index (χ2v) is 6.20. The Kier molecular flexibility index (Phi) is 6.16. The largest absolute Gasteiger partial charge is 0.378 e. The topological polar surface area (TPSA) is 78.4 Å². The van der Waals surface area contributed by atoms with Gasteiger partial charge in [-0.15, -0.1) is 0 Å². The molecule has 1 unspecified atom stereocenters. The average Bonchev–Trinajstić information content (AvgIpc) is 2.60. The Morgan fingerprint density at radius 1 is 1.17 bits per heavy atom. The van der Waals surface area contributed by atoms with Gasteiger partial charge in [0.1, 0.15) is 5.54 Å². The van der Waals surface area contributed by atoms with E-state index >= 15 is 0 Å². The first-order valence-corrected chi connectivity index (χ1v) is 8.42. The predicted octanol–water partition coefficient (Wildman–Crippen LogP) is 2.07. The van der Waals surface area contributed by atoms with Crippen molar-refractivity contribution in [1.29, 1.82) is 0 Å². The van der Waals surface area contributed by atoms with E-state index in [0.29, 0.717) is 24.9 Å². The second kappa shape index (κ2) is 8.11. The van der Waals surface area contributed by atoms with E-state index in [9.17, 15) is 14.7 Å². The van der Waals surface area contributed by atoms with Crippen molar-refractivity contribution in [2.24, 2.45) is 0 Å². The SMILES string of the molecule is CCCNC(=O)C1(NC(=O)C(O)c2ccccc2)CCCCC1. The molecule has 0 radical (unpaired) electrons. The fourth-order valence-corrected chi connectivity index (χ4v) is 3.06. The van der Waals surface area contributed by atoms with Gasteiger partial charge in [-0.1, -0.05) is 56.5 Å². The first-order valence-electron chi connectivity index (χ1n) is 8.42. The number of hydrogen-bond donors (Lipinski definition) is 3. The monoisotopic (exact) mass is 318 g/mol. The number of aliphatic hydroxyl groups is 1. The molecule has 1 fully saturated rings. The van der Waals surface area contributed by atoms with Crippen molar-refractivity contribution < 1.29 is 14.7 Å². The molecule has 0 aliphatic heterocycles. The van der Waals surface area contributed by atoms with Crippen molar-refractivity contribution >= 4 is 11.8 Å². The fourth-order valence-electron chi connectivity index (χ4n) is 3.06. The van der Waals surface area contributed by atoms with Crippen LogP contribution in [-0.2, 0) is 9.59 Å². The number of carbonyl (C=O) groups excluding carboxylic acids is 2.